The highest BCUT2D eigenvalue weighted by Crippen LogP contribution is 2.25. The number of rotatable bonds is 8. The number of nitrogens with zero attached hydrogens (tertiary/aromatic N) is 1. The number of nitrogens with one attached hydrogen (secondary N) is 1. The lowest BCUT2D eigenvalue weighted by molar-refractivity contribution is 0.0789. The molecule has 0 spiro atoms. The van der Waals surface area contributed by atoms with Gasteiger partial charge in [0.25, 0.3) is 5.91 Å². The highest BCUT2D eigenvalue weighted by Gasteiger charge is 2.25. The molecule has 0 aliphatic carbocycles. The second-order valence-electron chi connectivity index (χ2n) is 6.86. The number of amides is 1. The van der Waals surface area contributed by atoms with Gasteiger partial charge >= 0.3 is 0 Å². The van der Waals surface area contributed by atoms with Crippen molar-refractivity contribution in [3.63, 3.8) is 0 Å². The van der Waals surface area contributed by atoms with Gasteiger partial charge in [-0.25, -0.2) is 13.1 Å². The molecule has 0 atom stereocenters. The van der Waals surface area contributed by atoms with Crippen molar-refractivity contribution in [2.24, 2.45) is 0 Å². The fourth-order valence-electron chi connectivity index (χ4n) is 3.32. The molecule has 1 fully saturated rings. The molecule has 0 bridgehead atoms. The van der Waals surface area contributed by atoms with E-state index in [1.54, 1.807) is 12.0 Å². The highest BCUT2D eigenvalue weighted by atomic mass is 32.2. The number of carbonyl (C=O) groups is 1. The molecule has 1 heterocycles. The van der Waals surface area contributed by atoms with E-state index in [-0.39, 0.29) is 22.9 Å². The number of hydrogen-bond donors (Lipinski definition) is 1. The second-order valence-corrected chi connectivity index (χ2v) is 8.62. The first kappa shape index (κ1) is 21.1. The van der Waals surface area contributed by atoms with Gasteiger partial charge in [-0.05, 0) is 55.2 Å². The van der Waals surface area contributed by atoms with Crippen LogP contribution in [0.2, 0.25) is 0 Å². The molecule has 8 heteroatoms. The van der Waals surface area contributed by atoms with Crippen molar-refractivity contribution in [3.05, 3.63) is 53.6 Å². The minimum absolute atomic E-state index is 0.0515. The van der Waals surface area contributed by atoms with Crippen molar-refractivity contribution in [2.45, 2.75) is 24.2 Å². The first-order valence-electron chi connectivity index (χ1n) is 9.54. The standard InChI is InChI=1S/C21H26N2O5S/c1-27-17-7-5-16(6-8-17)11-12-22-29(25,26)18-9-10-20(28-2)19(15-18)21(24)23-13-3-4-14-23/h5-10,15,22H,3-4,11-14H2,1-2H3. The molecule has 1 aliphatic heterocycles. The zero-order chi connectivity index (χ0) is 20.9. The molecule has 2 aromatic carbocycles. The molecule has 156 valence electrons. The second kappa shape index (κ2) is 9.28. The third kappa shape index (κ3) is 5.07. The number of likely N-dealkylation sites (tertiary alicyclic amines) is 1. The smallest absolute Gasteiger partial charge is 0.257 e. The first-order chi connectivity index (χ1) is 13.9. The summed E-state index contributed by atoms with van der Waals surface area (Å²) in [5.74, 6) is 0.927. The van der Waals surface area contributed by atoms with Crippen molar-refractivity contribution in [3.8, 4) is 11.5 Å². The van der Waals surface area contributed by atoms with Crippen LogP contribution in [0.3, 0.4) is 0 Å². The van der Waals surface area contributed by atoms with Crippen LogP contribution in [0.15, 0.2) is 47.4 Å². The molecule has 2 aromatic rings. The van der Waals surface area contributed by atoms with Crippen LogP contribution in [0.4, 0.5) is 0 Å². The van der Waals surface area contributed by atoms with Crippen molar-refractivity contribution in [2.75, 3.05) is 33.9 Å². The van der Waals surface area contributed by atoms with E-state index in [1.165, 1.54) is 25.3 Å². The Bertz CT molecular complexity index is 952. The molecule has 1 saturated heterocycles. The fraction of sp³-hybridized carbons (Fsp3) is 0.381. The largest absolute Gasteiger partial charge is 0.497 e. The number of hydrogen-bond acceptors (Lipinski definition) is 5. The van der Waals surface area contributed by atoms with Crippen LogP contribution in [0.1, 0.15) is 28.8 Å². The number of carbonyl (C=O) groups excluding carboxylic acids is 1. The van der Waals surface area contributed by atoms with Crippen LogP contribution in [0, 0.1) is 0 Å². The number of benzene rings is 2. The van der Waals surface area contributed by atoms with Gasteiger partial charge in [0.2, 0.25) is 10.0 Å². The van der Waals surface area contributed by atoms with E-state index in [1.807, 2.05) is 24.3 Å². The van der Waals surface area contributed by atoms with Crippen molar-refractivity contribution in [1.82, 2.24) is 9.62 Å². The summed E-state index contributed by atoms with van der Waals surface area (Å²) in [5, 5.41) is 0. The third-order valence-electron chi connectivity index (χ3n) is 4.97. The molecule has 0 aromatic heterocycles. The van der Waals surface area contributed by atoms with E-state index in [0.717, 1.165) is 24.2 Å². The van der Waals surface area contributed by atoms with Gasteiger partial charge < -0.3 is 14.4 Å². The Morgan fingerprint density at radius 1 is 1.03 bits per heavy atom. The predicted octanol–water partition coefficient (Wildman–Crippen LogP) is 2.46. The fourth-order valence-corrected chi connectivity index (χ4v) is 4.37. The first-order valence-corrected chi connectivity index (χ1v) is 11.0. The molecule has 1 N–H and O–H groups in total. The quantitative estimate of drug-likeness (QED) is 0.712. The predicted molar refractivity (Wildman–Crippen MR) is 110 cm³/mol. The summed E-state index contributed by atoms with van der Waals surface area (Å²) in [6, 6.07) is 11.8. The summed E-state index contributed by atoms with van der Waals surface area (Å²) >= 11 is 0. The van der Waals surface area contributed by atoms with Gasteiger partial charge in [-0.3, -0.25) is 4.79 Å². The maximum absolute atomic E-state index is 12.8. The monoisotopic (exact) mass is 418 g/mol. The maximum atomic E-state index is 12.8. The molecule has 0 unspecified atom stereocenters. The third-order valence-corrected chi connectivity index (χ3v) is 6.43. The maximum Gasteiger partial charge on any atom is 0.257 e. The average molecular weight is 419 g/mol. The zero-order valence-electron chi connectivity index (χ0n) is 16.7. The highest BCUT2D eigenvalue weighted by molar-refractivity contribution is 7.89. The van der Waals surface area contributed by atoms with E-state index in [4.69, 9.17) is 9.47 Å². The van der Waals surface area contributed by atoms with Gasteiger partial charge in [-0.15, -0.1) is 0 Å². The molecule has 3 rings (SSSR count). The Labute approximate surface area is 171 Å². The van der Waals surface area contributed by atoms with Crippen LogP contribution < -0.4 is 14.2 Å². The number of ether oxygens (including phenoxy) is 2. The lowest BCUT2D eigenvalue weighted by Crippen LogP contribution is -2.29. The van der Waals surface area contributed by atoms with Gasteiger partial charge in [-0.2, -0.15) is 0 Å². The van der Waals surface area contributed by atoms with E-state index < -0.39 is 10.0 Å². The van der Waals surface area contributed by atoms with Gasteiger partial charge in [-0.1, -0.05) is 12.1 Å². The minimum atomic E-state index is -3.75. The van der Waals surface area contributed by atoms with Gasteiger partial charge in [0.15, 0.2) is 0 Å². The molecular weight excluding hydrogens is 392 g/mol. The molecule has 0 radical (unpaired) electrons. The lowest BCUT2D eigenvalue weighted by atomic mass is 10.1. The Balaban J connectivity index is 1.71. The van der Waals surface area contributed by atoms with Crippen LogP contribution in [-0.2, 0) is 16.4 Å². The van der Waals surface area contributed by atoms with Crippen molar-refractivity contribution in [1.29, 1.82) is 0 Å². The Morgan fingerprint density at radius 3 is 2.34 bits per heavy atom. The Hall–Kier alpha value is -2.58. The molecule has 29 heavy (non-hydrogen) atoms. The number of methoxy groups -OCH3 is 2. The molecule has 1 amide bonds. The minimum Gasteiger partial charge on any atom is -0.497 e. The normalized spacial score (nSPS) is 14.1. The number of sulfonamides is 1. The van der Waals surface area contributed by atoms with Gasteiger partial charge in [0, 0.05) is 19.6 Å². The molecule has 0 saturated carbocycles. The summed E-state index contributed by atoms with van der Waals surface area (Å²) in [6.07, 6.45) is 2.46. The van der Waals surface area contributed by atoms with E-state index in [9.17, 15) is 13.2 Å². The Kier molecular flexibility index (Phi) is 6.76. The summed E-state index contributed by atoms with van der Waals surface area (Å²) in [5.41, 5.74) is 1.26. The topological polar surface area (TPSA) is 84.9 Å². The van der Waals surface area contributed by atoms with Crippen LogP contribution in [0.5, 0.6) is 11.5 Å². The van der Waals surface area contributed by atoms with E-state index in [0.29, 0.717) is 25.3 Å². The Morgan fingerprint density at radius 2 is 1.72 bits per heavy atom. The van der Waals surface area contributed by atoms with Gasteiger partial charge in [0.1, 0.15) is 11.5 Å². The van der Waals surface area contributed by atoms with Crippen molar-refractivity contribution < 1.29 is 22.7 Å². The lowest BCUT2D eigenvalue weighted by Gasteiger charge is -2.18. The van der Waals surface area contributed by atoms with Gasteiger partial charge in [0.05, 0.1) is 24.7 Å². The van der Waals surface area contributed by atoms with E-state index >= 15 is 0 Å². The SMILES string of the molecule is COc1ccc(CCNS(=O)(=O)c2ccc(OC)c(C(=O)N3CCCC3)c2)cc1. The molecule has 1 aliphatic rings. The summed E-state index contributed by atoms with van der Waals surface area (Å²) in [7, 11) is -0.681. The van der Waals surface area contributed by atoms with Crippen LogP contribution in [-0.4, -0.2) is 53.1 Å². The summed E-state index contributed by atoms with van der Waals surface area (Å²) < 4.78 is 38.4. The summed E-state index contributed by atoms with van der Waals surface area (Å²) in [4.78, 5) is 14.6. The van der Waals surface area contributed by atoms with E-state index in [2.05, 4.69) is 4.72 Å². The molecule has 7 nitrogen and oxygen atoms in total. The van der Waals surface area contributed by atoms with Crippen LogP contribution >= 0.6 is 0 Å². The average Bonchev–Trinajstić information content (AvgIpc) is 3.28. The summed E-state index contributed by atoms with van der Waals surface area (Å²) in [6.45, 7) is 1.61. The van der Waals surface area contributed by atoms with Crippen LogP contribution in [0.25, 0.3) is 0 Å². The zero-order valence-corrected chi connectivity index (χ0v) is 17.5. The molecular formula is C21H26N2O5S. The van der Waals surface area contributed by atoms with Crippen molar-refractivity contribution >= 4 is 15.9 Å².